The number of carboxylic acids is 1. The van der Waals surface area contributed by atoms with Crippen LogP contribution >= 0.6 is 15.9 Å². The zero-order valence-electron chi connectivity index (χ0n) is 11.0. The Kier molecular flexibility index (Phi) is 4.96. The number of hydrogen-bond acceptors (Lipinski definition) is 3. The standard InChI is InChI=1S/C14H19BrN2O2/c1-10(8-11-2-4-12(15)5-3-11)17-7-6-16-9-13(17)14(18)19/h2-5,10,13,16H,6-9H2,1H3,(H,18,19). The lowest BCUT2D eigenvalue weighted by Crippen LogP contribution is -2.58. The molecule has 1 aliphatic heterocycles. The Labute approximate surface area is 121 Å². The van der Waals surface area contributed by atoms with E-state index in [1.54, 1.807) is 0 Å². The molecule has 0 bridgehead atoms. The summed E-state index contributed by atoms with van der Waals surface area (Å²) in [5.74, 6) is -0.741. The van der Waals surface area contributed by atoms with Crippen LogP contribution in [0.3, 0.4) is 0 Å². The highest BCUT2D eigenvalue weighted by molar-refractivity contribution is 9.10. The summed E-state index contributed by atoms with van der Waals surface area (Å²) in [6.07, 6.45) is 0.872. The minimum Gasteiger partial charge on any atom is -0.480 e. The van der Waals surface area contributed by atoms with Crippen molar-refractivity contribution in [2.45, 2.75) is 25.4 Å². The third-order valence-corrected chi connectivity index (χ3v) is 4.11. The van der Waals surface area contributed by atoms with Gasteiger partial charge in [-0.05, 0) is 31.0 Å². The third kappa shape index (κ3) is 3.78. The van der Waals surface area contributed by atoms with Gasteiger partial charge in [0.15, 0.2) is 0 Å². The van der Waals surface area contributed by atoms with E-state index in [-0.39, 0.29) is 6.04 Å². The molecule has 0 aromatic heterocycles. The first kappa shape index (κ1) is 14.5. The van der Waals surface area contributed by atoms with Gasteiger partial charge in [0.05, 0.1) is 0 Å². The summed E-state index contributed by atoms with van der Waals surface area (Å²) in [5.41, 5.74) is 1.23. The molecule has 1 aromatic carbocycles. The Morgan fingerprint density at radius 2 is 2.21 bits per heavy atom. The summed E-state index contributed by atoms with van der Waals surface area (Å²) in [5, 5.41) is 12.4. The van der Waals surface area contributed by atoms with E-state index in [1.165, 1.54) is 5.56 Å². The van der Waals surface area contributed by atoms with Crippen LogP contribution in [-0.4, -0.2) is 47.7 Å². The Hall–Kier alpha value is -0.910. The molecule has 1 aliphatic rings. The predicted molar refractivity (Wildman–Crippen MR) is 78.3 cm³/mol. The van der Waals surface area contributed by atoms with Crippen molar-refractivity contribution in [2.24, 2.45) is 0 Å². The summed E-state index contributed by atoms with van der Waals surface area (Å²) >= 11 is 3.42. The maximum atomic E-state index is 11.3. The number of aliphatic carboxylic acids is 1. The monoisotopic (exact) mass is 326 g/mol. The Morgan fingerprint density at radius 3 is 2.84 bits per heavy atom. The van der Waals surface area contributed by atoms with Gasteiger partial charge in [-0.1, -0.05) is 28.1 Å². The summed E-state index contributed by atoms with van der Waals surface area (Å²) in [7, 11) is 0. The molecule has 0 amide bonds. The lowest BCUT2D eigenvalue weighted by Gasteiger charge is -2.38. The molecule has 1 fully saturated rings. The van der Waals surface area contributed by atoms with Crippen molar-refractivity contribution in [2.75, 3.05) is 19.6 Å². The van der Waals surface area contributed by atoms with Crippen LogP contribution in [0.25, 0.3) is 0 Å². The lowest BCUT2D eigenvalue weighted by molar-refractivity contribution is -0.144. The number of carboxylic acid groups (broad SMARTS) is 1. The smallest absolute Gasteiger partial charge is 0.322 e. The van der Waals surface area contributed by atoms with Crippen molar-refractivity contribution in [3.63, 3.8) is 0 Å². The van der Waals surface area contributed by atoms with Crippen LogP contribution in [0.1, 0.15) is 12.5 Å². The topological polar surface area (TPSA) is 52.6 Å². The second-order valence-corrected chi connectivity index (χ2v) is 5.89. The molecule has 1 saturated heterocycles. The van der Waals surface area contributed by atoms with Crippen molar-refractivity contribution in [1.82, 2.24) is 10.2 Å². The van der Waals surface area contributed by atoms with E-state index in [1.807, 2.05) is 12.1 Å². The lowest BCUT2D eigenvalue weighted by atomic mass is 10.0. The molecular formula is C14H19BrN2O2. The first-order valence-corrected chi connectivity index (χ1v) is 7.31. The van der Waals surface area contributed by atoms with Gasteiger partial charge in [0.1, 0.15) is 6.04 Å². The van der Waals surface area contributed by atoms with Crippen molar-refractivity contribution in [1.29, 1.82) is 0 Å². The number of carbonyl (C=O) groups is 1. The number of nitrogens with one attached hydrogen (secondary N) is 1. The van der Waals surface area contributed by atoms with Gasteiger partial charge in [-0.15, -0.1) is 0 Å². The quantitative estimate of drug-likeness (QED) is 0.885. The predicted octanol–water partition coefficient (Wildman–Crippen LogP) is 1.74. The normalized spacial score (nSPS) is 22.1. The number of nitrogens with zero attached hydrogens (tertiary/aromatic N) is 1. The minimum absolute atomic E-state index is 0.226. The van der Waals surface area contributed by atoms with Gasteiger partial charge in [0, 0.05) is 30.1 Å². The highest BCUT2D eigenvalue weighted by atomic mass is 79.9. The molecule has 2 rings (SSSR count). The van der Waals surface area contributed by atoms with Crippen molar-refractivity contribution < 1.29 is 9.90 Å². The first-order chi connectivity index (χ1) is 9.08. The fourth-order valence-electron chi connectivity index (χ4n) is 2.56. The van der Waals surface area contributed by atoms with Gasteiger partial charge in [-0.2, -0.15) is 0 Å². The number of halogens is 1. The van der Waals surface area contributed by atoms with Gasteiger partial charge in [0.25, 0.3) is 0 Å². The molecule has 0 spiro atoms. The van der Waals surface area contributed by atoms with Gasteiger partial charge in [-0.3, -0.25) is 9.69 Å². The Bertz CT molecular complexity index is 436. The van der Waals surface area contributed by atoms with Crippen LogP contribution in [-0.2, 0) is 11.2 Å². The van der Waals surface area contributed by atoms with Crippen LogP contribution in [0.5, 0.6) is 0 Å². The second-order valence-electron chi connectivity index (χ2n) is 4.98. The molecule has 19 heavy (non-hydrogen) atoms. The van der Waals surface area contributed by atoms with Crippen LogP contribution in [0.4, 0.5) is 0 Å². The third-order valence-electron chi connectivity index (χ3n) is 3.58. The van der Waals surface area contributed by atoms with Gasteiger partial charge in [-0.25, -0.2) is 0 Å². The molecule has 5 heteroatoms. The average molecular weight is 327 g/mol. The van der Waals surface area contributed by atoms with E-state index >= 15 is 0 Å². The summed E-state index contributed by atoms with van der Waals surface area (Å²) in [4.78, 5) is 13.4. The molecular weight excluding hydrogens is 308 g/mol. The van der Waals surface area contributed by atoms with Crippen LogP contribution < -0.4 is 5.32 Å². The van der Waals surface area contributed by atoms with E-state index < -0.39 is 12.0 Å². The second kappa shape index (κ2) is 6.50. The zero-order chi connectivity index (χ0) is 13.8. The van der Waals surface area contributed by atoms with E-state index in [0.29, 0.717) is 6.54 Å². The summed E-state index contributed by atoms with van der Waals surface area (Å²) in [6.45, 7) is 4.27. The molecule has 0 radical (unpaired) electrons. The number of benzene rings is 1. The number of hydrogen-bond donors (Lipinski definition) is 2. The number of piperazine rings is 1. The molecule has 1 heterocycles. The van der Waals surface area contributed by atoms with Crippen LogP contribution in [0, 0.1) is 0 Å². The highest BCUT2D eigenvalue weighted by Crippen LogP contribution is 2.16. The fourth-order valence-corrected chi connectivity index (χ4v) is 2.82. The maximum absolute atomic E-state index is 11.3. The first-order valence-electron chi connectivity index (χ1n) is 6.51. The maximum Gasteiger partial charge on any atom is 0.322 e. The van der Waals surface area contributed by atoms with Crippen molar-refractivity contribution in [3.05, 3.63) is 34.3 Å². The van der Waals surface area contributed by atoms with Crippen LogP contribution in [0.15, 0.2) is 28.7 Å². The van der Waals surface area contributed by atoms with Gasteiger partial charge >= 0.3 is 5.97 Å². The molecule has 104 valence electrons. The summed E-state index contributed by atoms with van der Waals surface area (Å²) in [6, 6.07) is 8.02. The van der Waals surface area contributed by atoms with Crippen molar-refractivity contribution >= 4 is 21.9 Å². The van der Waals surface area contributed by atoms with Gasteiger partial charge in [0.2, 0.25) is 0 Å². The highest BCUT2D eigenvalue weighted by Gasteiger charge is 2.31. The van der Waals surface area contributed by atoms with E-state index in [9.17, 15) is 9.90 Å². The Balaban J connectivity index is 2.03. The largest absolute Gasteiger partial charge is 0.480 e. The van der Waals surface area contributed by atoms with E-state index in [4.69, 9.17) is 0 Å². The number of rotatable bonds is 4. The molecule has 1 aromatic rings. The summed E-state index contributed by atoms with van der Waals surface area (Å²) < 4.78 is 1.06. The molecule has 0 aliphatic carbocycles. The molecule has 0 saturated carbocycles. The fraction of sp³-hybridized carbons (Fsp3) is 0.500. The van der Waals surface area contributed by atoms with Crippen molar-refractivity contribution in [3.8, 4) is 0 Å². The van der Waals surface area contributed by atoms with E-state index in [0.717, 1.165) is 24.0 Å². The molecule has 2 unspecified atom stereocenters. The van der Waals surface area contributed by atoms with Gasteiger partial charge < -0.3 is 10.4 Å². The Morgan fingerprint density at radius 1 is 1.53 bits per heavy atom. The molecule has 2 atom stereocenters. The average Bonchev–Trinajstić information content (AvgIpc) is 2.41. The van der Waals surface area contributed by atoms with Crippen LogP contribution in [0.2, 0.25) is 0 Å². The minimum atomic E-state index is -0.741. The zero-order valence-corrected chi connectivity index (χ0v) is 12.6. The molecule has 4 nitrogen and oxygen atoms in total. The SMILES string of the molecule is CC(Cc1ccc(Br)cc1)N1CCNCC1C(=O)O. The molecule has 2 N–H and O–H groups in total. The van der Waals surface area contributed by atoms with E-state index in [2.05, 4.69) is 45.2 Å².